The second-order valence-corrected chi connectivity index (χ2v) is 8.01. The molecule has 5 atom stereocenters. The van der Waals surface area contributed by atoms with Gasteiger partial charge in [-0.2, -0.15) is 0 Å². The van der Waals surface area contributed by atoms with E-state index in [1.165, 1.54) is 13.4 Å². The van der Waals surface area contributed by atoms with Crippen LogP contribution in [0.15, 0.2) is 11.4 Å². The number of fused-ring (bicyclic) bond motifs is 2. The topological polar surface area (TPSA) is 174 Å². The van der Waals surface area contributed by atoms with Crippen LogP contribution in [0.3, 0.4) is 0 Å². The van der Waals surface area contributed by atoms with Crippen molar-refractivity contribution in [2.75, 3.05) is 12.4 Å². The van der Waals surface area contributed by atoms with E-state index in [-0.39, 0.29) is 23.8 Å². The Morgan fingerprint density at radius 3 is 2.86 bits per heavy atom. The van der Waals surface area contributed by atoms with Crippen LogP contribution in [0.25, 0.3) is 21.6 Å². The maximum Gasteiger partial charge on any atom is 0.229 e. The number of rotatable bonds is 5. The molecule has 1 amide bonds. The maximum atomic E-state index is 12.4. The fourth-order valence-corrected chi connectivity index (χ4v) is 4.84. The number of amides is 1. The number of hydrogen-bond acceptors (Lipinski definition) is 8. The lowest BCUT2D eigenvalue weighted by atomic mass is 9.93. The fourth-order valence-electron chi connectivity index (χ4n) is 4.84. The summed E-state index contributed by atoms with van der Waals surface area (Å²) in [6.45, 7) is 0. The van der Waals surface area contributed by atoms with Crippen LogP contribution < -0.4 is 10.6 Å². The highest BCUT2D eigenvalue weighted by Gasteiger charge is 2.75. The van der Waals surface area contributed by atoms with Crippen molar-refractivity contribution < 1.29 is 15.0 Å². The van der Waals surface area contributed by atoms with Gasteiger partial charge in [0.05, 0.1) is 23.9 Å². The minimum atomic E-state index is -1.18. The van der Waals surface area contributed by atoms with Gasteiger partial charge in [0, 0.05) is 23.9 Å². The normalized spacial score (nSPS) is 32.9. The van der Waals surface area contributed by atoms with Crippen LogP contribution in [0.5, 0.6) is 0 Å². The van der Waals surface area contributed by atoms with Gasteiger partial charge in [-0.3, -0.25) is 4.79 Å². The highest BCUT2D eigenvalue weighted by atomic mass is 16.3. The lowest BCUT2D eigenvalue weighted by molar-refractivity contribution is -0.132. The van der Waals surface area contributed by atoms with Crippen LogP contribution in [-0.2, 0) is 4.79 Å². The second-order valence-electron chi connectivity index (χ2n) is 8.01. The Bertz CT molecular complexity index is 1040. The predicted molar refractivity (Wildman–Crippen MR) is 101 cm³/mol. The van der Waals surface area contributed by atoms with E-state index in [0.717, 1.165) is 19.3 Å². The Kier molecular flexibility index (Phi) is 3.92. The number of nitrogens with one attached hydrogen (secondary N) is 2. The molecule has 29 heavy (non-hydrogen) atoms. The highest BCUT2D eigenvalue weighted by molar-refractivity contribution is 5.88. The average Bonchev–Trinajstić information content (AvgIpc) is 3.22. The molecule has 3 fully saturated rings. The van der Waals surface area contributed by atoms with E-state index < -0.39 is 23.7 Å². The zero-order valence-corrected chi connectivity index (χ0v) is 15.7. The molecule has 12 heteroatoms. The van der Waals surface area contributed by atoms with Gasteiger partial charge in [-0.15, -0.1) is 0 Å². The molecule has 152 valence electrons. The van der Waals surface area contributed by atoms with Crippen molar-refractivity contribution in [3.8, 4) is 0 Å². The molecular formula is C17H21N9O3. The van der Waals surface area contributed by atoms with Crippen molar-refractivity contribution in [2.45, 2.75) is 50.0 Å². The summed E-state index contributed by atoms with van der Waals surface area (Å²) in [7, 11) is 1.52. The van der Waals surface area contributed by atoms with E-state index in [0.29, 0.717) is 23.4 Å². The van der Waals surface area contributed by atoms with Gasteiger partial charge in [0.1, 0.15) is 11.6 Å². The Balaban J connectivity index is 1.59. The SMILES string of the molecule is CNC(=O)[C@@]12C[C@@H]1[C@@H](n1cnc3c(NC4CCC4)nc(N=[N+]=[N-])nc31)[C@H](O)[C@@H]2O. The first-order valence-corrected chi connectivity index (χ1v) is 9.65. The molecule has 12 nitrogen and oxygen atoms in total. The van der Waals surface area contributed by atoms with Crippen LogP contribution in [0.1, 0.15) is 31.7 Å². The number of anilines is 1. The summed E-state index contributed by atoms with van der Waals surface area (Å²) < 4.78 is 1.66. The quantitative estimate of drug-likeness (QED) is 0.326. The smallest absolute Gasteiger partial charge is 0.229 e. The lowest BCUT2D eigenvalue weighted by Gasteiger charge is -2.27. The molecule has 3 aliphatic carbocycles. The van der Waals surface area contributed by atoms with E-state index in [1.54, 1.807) is 4.57 Å². The molecule has 0 saturated heterocycles. The number of aromatic nitrogens is 4. The number of nitrogens with zero attached hydrogens (tertiary/aromatic N) is 7. The Morgan fingerprint density at radius 1 is 1.41 bits per heavy atom. The lowest BCUT2D eigenvalue weighted by Crippen LogP contribution is -2.41. The Hall–Kier alpha value is -2.95. The van der Waals surface area contributed by atoms with Gasteiger partial charge in [-0.1, -0.05) is 0 Å². The molecule has 0 spiro atoms. The summed E-state index contributed by atoms with van der Waals surface area (Å²) in [5.74, 6) is -0.101. The minimum Gasteiger partial charge on any atom is -0.389 e. The fraction of sp³-hybridized carbons (Fsp3) is 0.647. The van der Waals surface area contributed by atoms with Crippen molar-refractivity contribution in [3.05, 3.63) is 16.8 Å². The molecule has 4 N–H and O–H groups in total. The summed E-state index contributed by atoms with van der Waals surface area (Å²) in [5, 5.41) is 30.7. The van der Waals surface area contributed by atoms with Crippen LogP contribution in [0, 0.1) is 11.3 Å². The molecule has 0 bridgehead atoms. The number of hydrogen-bond donors (Lipinski definition) is 4. The van der Waals surface area contributed by atoms with E-state index in [4.69, 9.17) is 5.53 Å². The maximum absolute atomic E-state index is 12.4. The number of imidazole rings is 1. The third-order valence-electron chi connectivity index (χ3n) is 6.63. The summed E-state index contributed by atoms with van der Waals surface area (Å²) >= 11 is 0. The third kappa shape index (κ3) is 2.43. The molecule has 5 rings (SSSR count). The number of aliphatic hydroxyl groups excluding tert-OH is 2. The predicted octanol–water partition coefficient (Wildman–Crippen LogP) is 0.761. The highest BCUT2D eigenvalue weighted by Crippen LogP contribution is 2.67. The summed E-state index contributed by atoms with van der Waals surface area (Å²) in [6, 6.07) is -0.293. The van der Waals surface area contributed by atoms with Gasteiger partial charge in [-0.25, -0.2) is 15.0 Å². The van der Waals surface area contributed by atoms with E-state index >= 15 is 0 Å². The molecule has 3 saturated carbocycles. The molecular weight excluding hydrogens is 378 g/mol. The number of carbonyl (C=O) groups is 1. The molecule has 2 aromatic rings. The summed E-state index contributed by atoms with van der Waals surface area (Å²) in [4.78, 5) is 28.2. The summed E-state index contributed by atoms with van der Waals surface area (Å²) in [5.41, 5.74) is 8.71. The number of carbonyl (C=O) groups excluding carboxylic acids is 1. The first-order chi connectivity index (χ1) is 14.0. The van der Waals surface area contributed by atoms with Gasteiger partial charge >= 0.3 is 0 Å². The minimum absolute atomic E-state index is 0.0510. The molecule has 2 aromatic heterocycles. The molecule has 0 unspecified atom stereocenters. The monoisotopic (exact) mass is 399 g/mol. The van der Waals surface area contributed by atoms with Crippen molar-refractivity contribution in [1.29, 1.82) is 0 Å². The van der Waals surface area contributed by atoms with Crippen molar-refractivity contribution in [3.63, 3.8) is 0 Å². The molecule has 0 aromatic carbocycles. The van der Waals surface area contributed by atoms with E-state index in [9.17, 15) is 15.0 Å². The van der Waals surface area contributed by atoms with Gasteiger partial charge in [0.2, 0.25) is 11.9 Å². The van der Waals surface area contributed by atoms with Gasteiger partial charge in [-0.05, 0) is 36.3 Å². The largest absolute Gasteiger partial charge is 0.389 e. The first-order valence-electron chi connectivity index (χ1n) is 9.65. The van der Waals surface area contributed by atoms with Gasteiger partial charge in [0.25, 0.3) is 0 Å². The van der Waals surface area contributed by atoms with Gasteiger partial charge in [0.15, 0.2) is 11.5 Å². The molecule has 2 heterocycles. The zero-order chi connectivity index (χ0) is 20.3. The summed E-state index contributed by atoms with van der Waals surface area (Å²) in [6.07, 6.45) is 2.85. The van der Waals surface area contributed by atoms with Crippen molar-refractivity contribution in [2.24, 2.45) is 16.4 Å². The molecule has 0 radical (unpaired) electrons. The zero-order valence-electron chi connectivity index (χ0n) is 15.7. The first kappa shape index (κ1) is 18.1. The number of azide groups is 1. The van der Waals surface area contributed by atoms with E-state index in [2.05, 4.69) is 35.6 Å². The Labute approximate surface area is 165 Å². The van der Waals surface area contributed by atoms with Gasteiger partial charge < -0.3 is 25.4 Å². The van der Waals surface area contributed by atoms with E-state index in [1.807, 2.05) is 0 Å². The molecule has 0 aliphatic heterocycles. The van der Waals surface area contributed by atoms with Crippen molar-refractivity contribution in [1.82, 2.24) is 24.8 Å². The molecule has 3 aliphatic rings. The van der Waals surface area contributed by atoms with Crippen LogP contribution >= 0.6 is 0 Å². The second kappa shape index (κ2) is 6.28. The van der Waals surface area contributed by atoms with Crippen LogP contribution in [0.2, 0.25) is 0 Å². The van der Waals surface area contributed by atoms with Crippen molar-refractivity contribution >= 4 is 28.8 Å². The van der Waals surface area contributed by atoms with Crippen LogP contribution in [-0.4, -0.2) is 60.9 Å². The number of aliphatic hydroxyl groups is 2. The van der Waals surface area contributed by atoms with Crippen LogP contribution in [0.4, 0.5) is 11.8 Å². The standard InChI is InChI=1S/C17H21N9O3/c1-19-15(29)17-5-8(17)10(11(27)12(17)28)26-6-20-9-13(21-7-3-2-4-7)22-16(24-25-18)23-14(9)26/h6-8,10-12,27-28H,2-5H2,1H3,(H,19,29)(H,21,22,23)/t8-,10-,11+,12+,17+/m1/s1. The average molecular weight is 399 g/mol. The third-order valence-corrected chi connectivity index (χ3v) is 6.63. The Morgan fingerprint density at radius 2 is 2.21 bits per heavy atom.